The first-order valence-electron chi connectivity index (χ1n) is 17.1. The van der Waals surface area contributed by atoms with E-state index in [9.17, 15) is 88.6 Å². The first-order chi connectivity index (χ1) is 28.9. The van der Waals surface area contributed by atoms with E-state index in [1.165, 1.54) is 6.08 Å². The average molecular weight is 1180 g/mol. The maximum atomic E-state index is 11.8. The maximum absolute atomic E-state index is 11.8. The normalized spacial score (nSPS) is 18.1. The van der Waals surface area contributed by atoms with Gasteiger partial charge in [0, 0.05) is 111 Å². The molecule has 8 N–H and O–H groups in total. The minimum absolute atomic E-state index is 0. The number of benzene rings is 1. The number of aliphatic hydroxyl groups is 6. The van der Waals surface area contributed by atoms with Crippen LogP contribution in [0.3, 0.4) is 0 Å². The number of allylic oxidation sites excluding steroid dienone is 10. The van der Waals surface area contributed by atoms with E-state index in [1.807, 2.05) is 36.4 Å². The van der Waals surface area contributed by atoms with Crippen molar-refractivity contribution in [3.05, 3.63) is 102 Å². The van der Waals surface area contributed by atoms with Crippen molar-refractivity contribution in [3.8, 4) is 0 Å². The Morgan fingerprint density at radius 3 is 1.02 bits per heavy atom. The third-order valence-electron chi connectivity index (χ3n) is 7.40. The van der Waals surface area contributed by atoms with Gasteiger partial charge in [-0.2, -0.15) is 79.0 Å². The van der Waals surface area contributed by atoms with Crippen molar-refractivity contribution in [2.75, 3.05) is 5.32 Å². The number of ketones is 2. The third-order valence-corrected chi connectivity index (χ3v) is 7.40. The second-order valence-electron chi connectivity index (χ2n) is 12.6. The number of para-hydroxylation sites is 1. The fourth-order valence-corrected chi connectivity index (χ4v) is 3.88. The Morgan fingerprint density at radius 1 is 0.455 bits per heavy atom. The molecule has 2 aliphatic rings. The van der Waals surface area contributed by atoms with E-state index < -0.39 is 92.9 Å². The molecule has 6 unspecified atom stereocenters. The fourth-order valence-electron chi connectivity index (χ4n) is 3.88. The average Bonchev–Trinajstić information content (AvgIpc) is 3.14. The molecule has 3 rings (SSSR count). The number of hydrogen-bond donors (Lipinski definition) is 8. The van der Waals surface area contributed by atoms with Crippen LogP contribution in [0.1, 0.15) is 24.8 Å². The fraction of sp³-hybridized carbons (Fsp3) is 0.444. The molecule has 10 nitrogen and oxygen atoms in total. The summed E-state index contributed by atoms with van der Waals surface area (Å²) < 4.78 is 206. The van der Waals surface area contributed by atoms with Gasteiger partial charge >= 0.3 is 37.1 Å². The van der Waals surface area contributed by atoms with Crippen LogP contribution in [0.2, 0.25) is 0 Å². The topological polar surface area (TPSA) is 180 Å². The van der Waals surface area contributed by atoms with Gasteiger partial charge < -0.3 is 41.3 Å². The number of anilines is 1. The van der Waals surface area contributed by atoms with Crippen LogP contribution < -0.4 is 10.6 Å². The molecule has 1 aromatic rings. The van der Waals surface area contributed by atoms with Crippen molar-refractivity contribution in [2.24, 2.45) is 0 Å². The summed E-state index contributed by atoms with van der Waals surface area (Å²) in [6.45, 7) is 0.560. The molecule has 0 heterocycles. The van der Waals surface area contributed by atoms with E-state index in [4.69, 9.17) is 30.6 Å². The minimum Gasteiger partial charge on any atom is -0.386 e. The van der Waals surface area contributed by atoms with Crippen LogP contribution >= 0.6 is 0 Å². The Kier molecular flexibility index (Phi) is 29.6. The molecule has 2 aliphatic carbocycles. The molecule has 0 bridgehead atoms. The Hall–Kier alpha value is -3.08. The molecule has 0 fully saturated rings. The quantitative estimate of drug-likeness (QED) is 0.0653. The standard InChI is InChI=1S/C21H18N2O2.3C5H6F6O2.Gd.Ni/c24-20-11-5-2-8-17(20)14-22-13-16-7-1-4-10-19(16)23-15-18-9-3-6-12-21(18)25;3*6-4(7,8)2(12)1-3(13)5(9,10)11;;/h1-12,14-15,22-23H,13H2;3*2-3,12-13H,1H2;;. The number of alkyl halides is 18. The molecular weight excluding hydrogens is 1150 g/mol. The van der Waals surface area contributed by atoms with E-state index in [1.54, 1.807) is 42.8 Å². The predicted octanol–water partition coefficient (Wildman–Crippen LogP) is 7.01. The SMILES string of the molecule is O=C1C=CC=CC1=CNCc1ccccc1NC=C1C=CC=CC1=O.OC(CC(O)C(F)(F)F)C(F)(F)F.OC(CC(O)C(F)(F)F)C(F)(F)F.OC(CC(O)C(F)(F)F)C(F)(F)F.[Gd].[Ni]. The van der Waals surface area contributed by atoms with E-state index in [-0.39, 0.29) is 68.0 Å². The number of hydrogen-bond acceptors (Lipinski definition) is 10. The van der Waals surface area contributed by atoms with Crippen LogP contribution in [0.4, 0.5) is 84.7 Å². The number of aliphatic hydroxyl groups excluding tert-OH is 6. The minimum atomic E-state index is -5.15. The largest absolute Gasteiger partial charge is 0.414 e. The summed E-state index contributed by atoms with van der Waals surface area (Å²) in [5.41, 5.74) is 3.17. The van der Waals surface area contributed by atoms with Crippen molar-refractivity contribution < 1.29 is 176 Å². The van der Waals surface area contributed by atoms with Gasteiger partial charge in [0.15, 0.2) is 48.2 Å². The van der Waals surface area contributed by atoms with Crippen molar-refractivity contribution in [1.29, 1.82) is 0 Å². The van der Waals surface area contributed by atoms with Gasteiger partial charge in [-0.1, -0.05) is 42.5 Å². The molecular formula is C36H36F18GdN2NiO8. The summed E-state index contributed by atoms with van der Waals surface area (Å²) in [5.74, 6) is -0.0345. The van der Waals surface area contributed by atoms with Gasteiger partial charge in [-0.15, -0.1) is 0 Å². The van der Waals surface area contributed by atoms with Gasteiger partial charge in [0.05, 0.1) is 0 Å². The Bertz CT molecular complexity index is 1680. The summed E-state index contributed by atoms with van der Waals surface area (Å²) in [6, 6.07) is 7.82. The molecule has 0 radical (unpaired) electrons. The second-order valence-corrected chi connectivity index (χ2v) is 12.6. The summed E-state index contributed by atoms with van der Waals surface area (Å²) in [7, 11) is 0. The molecule has 0 spiro atoms. The smallest absolute Gasteiger partial charge is 0.386 e. The number of halogens is 18. The van der Waals surface area contributed by atoms with Gasteiger partial charge in [0.25, 0.3) is 0 Å². The molecule has 1 aromatic carbocycles. The first-order valence-corrected chi connectivity index (χ1v) is 17.1. The molecule has 66 heavy (non-hydrogen) atoms. The molecule has 0 amide bonds. The maximum Gasteiger partial charge on any atom is 0.414 e. The molecule has 0 saturated heterocycles. The molecule has 6 atom stereocenters. The third kappa shape index (κ3) is 27.7. The van der Waals surface area contributed by atoms with Crippen LogP contribution in [-0.4, -0.2) is 116 Å². The van der Waals surface area contributed by atoms with Crippen molar-refractivity contribution in [3.63, 3.8) is 0 Å². The number of carbonyl (C=O) groups is 2. The molecule has 0 aromatic heterocycles. The van der Waals surface area contributed by atoms with E-state index in [2.05, 4.69) is 10.6 Å². The van der Waals surface area contributed by atoms with Crippen LogP contribution in [0, 0.1) is 39.9 Å². The number of rotatable bonds is 11. The predicted molar refractivity (Wildman–Crippen MR) is 186 cm³/mol. The van der Waals surface area contributed by atoms with Crippen LogP contribution in [0.15, 0.2) is 96.4 Å². The summed E-state index contributed by atoms with van der Waals surface area (Å²) >= 11 is 0. The van der Waals surface area contributed by atoms with Gasteiger partial charge in [0.2, 0.25) is 0 Å². The van der Waals surface area contributed by atoms with E-state index in [0.717, 1.165) is 11.3 Å². The van der Waals surface area contributed by atoms with E-state index in [0.29, 0.717) is 17.7 Å². The zero-order valence-corrected chi connectivity index (χ0v) is 35.6. The molecule has 0 saturated carbocycles. The van der Waals surface area contributed by atoms with Gasteiger partial charge in [-0.3, -0.25) is 9.59 Å². The van der Waals surface area contributed by atoms with Gasteiger partial charge in [-0.05, 0) is 35.9 Å². The summed E-state index contributed by atoms with van der Waals surface area (Å²) in [6.07, 6.45) is -38.1. The van der Waals surface area contributed by atoms with Crippen molar-refractivity contribution in [2.45, 2.75) is 99.5 Å². The van der Waals surface area contributed by atoms with Crippen LogP contribution in [0.25, 0.3) is 0 Å². The van der Waals surface area contributed by atoms with Crippen LogP contribution in [-0.2, 0) is 32.6 Å². The Labute approximate surface area is 403 Å². The molecule has 0 aliphatic heterocycles. The molecule has 382 valence electrons. The van der Waals surface area contributed by atoms with E-state index >= 15 is 0 Å². The summed E-state index contributed by atoms with van der Waals surface area (Å²) in [5, 5.41) is 55.2. The van der Waals surface area contributed by atoms with Gasteiger partial charge in [-0.25, -0.2) is 0 Å². The van der Waals surface area contributed by atoms with Crippen molar-refractivity contribution in [1.82, 2.24) is 5.32 Å². The van der Waals surface area contributed by atoms with Gasteiger partial charge in [0.1, 0.15) is 0 Å². The summed E-state index contributed by atoms with van der Waals surface area (Å²) in [4.78, 5) is 23.5. The second kappa shape index (κ2) is 29.1. The zero-order valence-electron chi connectivity index (χ0n) is 32.3. The number of carbonyl (C=O) groups excluding carboxylic acids is 2. The Morgan fingerprint density at radius 2 is 0.727 bits per heavy atom. The first kappa shape index (κ1) is 67.2. The number of nitrogens with one attached hydrogen (secondary N) is 2. The monoisotopic (exact) mass is 1180 g/mol. The van der Waals surface area contributed by atoms with Crippen molar-refractivity contribution >= 4 is 17.3 Å². The molecule has 30 heteroatoms. The Balaban J connectivity index is -0.000000843. The van der Waals surface area contributed by atoms with Crippen LogP contribution in [0.5, 0.6) is 0 Å². The zero-order chi connectivity index (χ0) is 50.1.